The summed E-state index contributed by atoms with van der Waals surface area (Å²) in [7, 11) is 0. The van der Waals surface area contributed by atoms with Crippen molar-refractivity contribution in [3.63, 3.8) is 0 Å². The summed E-state index contributed by atoms with van der Waals surface area (Å²) in [5.74, 6) is -2.09. The average Bonchev–Trinajstić information content (AvgIpc) is 1.83. The smallest absolute Gasteiger partial charge is 0.239 e. The molecule has 22 heteroatoms. The molecule has 4 aliphatic rings. The van der Waals surface area contributed by atoms with Crippen LogP contribution in [0, 0.1) is 11.8 Å². The monoisotopic (exact) mass is 1250 g/mol. The summed E-state index contributed by atoms with van der Waals surface area (Å²) in [4.78, 5) is 123. The molecule has 2 aliphatic heterocycles. The van der Waals surface area contributed by atoms with Gasteiger partial charge in [-0.25, -0.2) is 0 Å². The number of aliphatic hydroxyl groups is 1. The zero-order valence-corrected chi connectivity index (χ0v) is 52.6. The molecule has 0 saturated heterocycles. The normalized spacial score (nSPS) is 21.2. The summed E-state index contributed by atoms with van der Waals surface area (Å²) in [6.45, 7) is -1.01. The van der Waals surface area contributed by atoms with Gasteiger partial charge in [0.1, 0.15) is 6.23 Å². The molecular weight excluding hydrogens is 1160 g/mol. The van der Waals surface area contributed by atoms with Crippen molar-refractivity contribution in [3.8, 4) is 0 Å². The lowest BCUT2D eigenvalue weighted by atomic mass is 10.0. The molecule has 2 fully saturated rings. The minimum absolute atomic E-state index is 0.0264. The quantitative estimate of drug-likeness (QED) is 0.0414. The lowest BCUT2D eigenvalue weighted by molar-refractivity contribution is -0.139. The van der Waals surface area contributed by atoms with E-state index in [1.54, 1.807) is 4.90 Å². The van der Waals surface area contributed by atoms with Gasteiger partial charge in [-0.1, -0.05) is 110 Å². The Balaban J connectivity index is 1.13. The number of hydrogen-bond acceptors (Lipinski definition) is 13. The highest BCUT2D eigenvalue weighted by molar-refractivity contribution is 7.98. The summed E-state index contributed by atoms with van der Waals surface area (Å²) in [5, 5.41) is 25.6. The van der Waals surface area contributed by atoms with E-state index in [2.05, 4.69) is 26.3 Å². The van der Waals surface area contributed by atoms with Gasteiger partial charge in [-0.3, -0.25) is 43.7 Å². The van der Waals surface area contributed by atoms with Crippen LogP contribution in [0.4, 0.5) is 0 Å². The second-order valence-corrected chi connectivity index (χ2v) is 25.7. The van der Waals surface area contributed by atoms with Crippen molar-refractivity contribution in [2.45, 2.75) is 132 Å². The first kappa shape index (κ1) is 68.3. The third-order valence-electron chi connectivity index (χ3n) is 16.8. The predicted molar refractivity (Wildman–Crippen MR) is 349 cm³/mol. The van der Waals surface area contributed by atoms with Gasteiger partial charge in [0.05, 0.1) is 38.3 Å². The molecule has 8 amide bonds. The van der Waals surface area contributed by atoms with Crippen molar-refractivity contribution in [3.05, 3.63) is 143 Å². The number of carbonyl (C=O) groups excluding carboxylic acids is 8. The lowest BCUT2D eigenvalue weighted by Crippen LogP contribution is -2.55. The molecular formula is C68H92N12O9S. The highest BCUT2D eigenvalue weighted by Crippen LogP contribution is 2.34. The number of nitrogens with one attached hydrogen (secondary N) is 5. The van der Waals surface area contributed by atoms with Gasteiger partial charge in [0.15, 0.2) is 0 Å². The Kier molecular flexibility index (Phi) is 26.6. The van der Waals surface area contributed by atoms with Gasteiger partial charge >= 0.3 is 0 Å². The van der Waals surface area contributed by atoms with Crippen LogP contribution in [-0.4, -0.2) is 172 Å². The molecule has 1 unspecified atom stereocenters. The van der Waals surface area contributed by atoms with Gasteiger partial charge in [0.25, 0.3) is 0 Å². The first-order valence-electron chi connectivity index (χ1n) is 32.0. The Morgan fingerprint density at radius 3 is 1.68 bits per heavy atom. The number of unbranched alkanes of at least 4 members (excludes halogenated alkanes) is 1. The maximum atomic E-state index is 14.9. The lowest BCUT2D eigenvalue weighted by Gasteiger charge is -2.32. The molecule has 4 aromatic carbocycles. The van der Waals surface area contributed by atoms with Gasteiger partial charge in [-0.05, 0) is 123 Å². The van der Waals surface area contributed by atoms with E-state index in [0.717, 1.165) is 58.8 Å². The number of aromatic amines is 1. The number of aromatic nitrogens is 1. The van der Waals surface area contributed by atoms with Crippen LogP contribution in [0.2, 0.25) is 0 Å². The van der Waals surface area contributed by atoms with Crippen molar-refractivity contribution in [1.29, 1.82) is 0 Å². The molecule has 5 atom stereocenters. The minimum Gasteiger partial charge on any atom is -0.374 e. The van der Waals surface area contributed by atoms with E-state index >= 15 is 0 Å². The number of rotatable bonds is 19. The van der Waals surface area contributed by atoms with Crippen LogP contribution in [0.1, 0.15) is 111 Å². The van der Waals surface area contributed by atoms with Gasteiger partial charge in [0, 0.05) is 92.6 Å². The van der Waals surface area contributed by atoms with E-state index in [9.17, 15) is 43.5 Å². The Morgan fingerprint density at radius 2 is 1.10 bits per heavy atom. The van der Waals surface area contributed by atoms with Crippen LogP contribution < -0.4 is 38.5 Å². The van der Waals surface area contributed by atoms with Crippen molar-refractivity contribution >= 4 is 69.9 Å². The maximum Gasteiger partial charge on any atom is 0.239 e. The molecule has 1 aromatic heterocycles. The fraction of sp³-hybridized carbons (Fsp3) is 0.500. The molecule has 9 rings (SSSR count). The Morgan fingerprint density at radius 1 is 0.578 bits per heavy atom. The van der Waals surface area contributed by atoms with E-state index in [1.165, 1.54) is 26.5 Å². The number of carbonyl (C=O) groups is 8. The maximum absolute atomic E-state index is 14.9. The van der Waals surface area contributed by atoms with Gasteiger partial charge < -0.3 is 62.8 Å². The number of nitrogens with two attached hydrogens (primary N) is 3. The first-order chi connectivity index (χ1) is 43.6. The van der Waals surface area contributed by atoms with Gasteiger partial charge in [0.2, 0.25) is 47.3 Å². The molecule has 2 aliphatic carbocycles. The number of fused-ring (bicyclic) bond motifs is 30. The Bertz CT molecular complexity index is 3150. The number of aliphatic hydroxyl groups excluding tert-OH is 1. The van der Waals surface area contributed by atoms with Crippen LogP contribution in [0.15, 0.2) is 115 Å². The average molecular weight is 1250 g/mol. The summed E-state index contributed by atoms with van der Waals surface area (Å²) < 4.78 is 0. The van der Waals surface area contributed by atoms with Crippen LogP contribution in [0.5, 0.6) is 0 Å². The van der Waals surface area contributed by atoms with Crippen LogP contribution in [0.3, 0.4) is 0 Å². The molecule has 90 heavy (non-hydrogen) atoms. The van der Waals surface area contributed by atoms with E-state index < -0.39 is 60.6 Å². The van der Waals surface area contributed by atoms with Crippen LogP contribution in [-0.2, 0) is 63.4 Å². The minimum atomic E-state index is -1.16. The number of para-hydroxylation sites is 1. The van der Waals surface area contributed by atoms with E-state index in [-0.39, 0.29) is 126 Å². The summed E-state index contributed by atoms with van der Waals surface area (Å²) >= 11 is 1.52. The molecule has 0 spiro atoms. The standard InChI is InChI=1S/C68H92N12O9S/c69-29-10-9-16-54-38-78(64(85)19-11-30-70)43-62(83)74-55(32-47-12-3-1-4-13-47)39-77(42-60(71)81)65(86)28-31-90-46-51-24-26-52(27-25-51)68(89)76-56(33-48-14-5-2-6-15-48)40-79(66(87)34-49-20-21-49)45-63(84)75-57(36-53-37-72-59-18-8-7-17-58(53)59)41-80(44-61(82)73-54)67(88)35-50-22-23-50/h1-8,12-15,17-18,24-27,37,49-50,54-57,68,72,76,89H,9-11,16,19-23,28-36,38-46,69-70H2,(H2,71,81)(H,73,82)(H,74,83)(H,75,84)/t54-,55-,56-,57-,68?/m0/s1. The number of thioether (sulfide) groups is 1. The highest BCUT2D eigenvalue weighted by Gasteiger charge is 2.34. The largest absolute Gasteiger partial charge is 0.374 e. The van der Waals surface area contributed by atoms with Crippen molar-refractivity contribution in [2.75, 3.05) is 71.2 Å². The third kappa shape index (κ3) is 23.0. The van der Waals surface area contributed by atoms with Crippen molar-refractivity contribution in [1.82, 2.24) is 45.9 Å². The summed E-state index contributed by atoms with van der Waals surface area (Å²) in [6, 6.07) is 31.7. The fourth-order valence-electron chi connectivity index (χ4n) is 11.6. The topological polar surface area (TPSA) is 312 Å². The van der Waals surface area contributed by atoms with Crippen molar-refractivity contribution < 1.29 is 43.5 Å². The summed E-state index contributed by atoms with van der Waals surface area (Å²) in [5.41, 5.74) is 22.7. The van der Waals surface area contributed by atoms with Gasteiger partial charge in [-0.2, -0.15) is 11.8 Å². The van der Waals surface area contributed by atoms with E-state index in [0.29, 0.717) is 55.7 Å². The number of H-pyrrole nitrogens is 1. The molecule has 21 nitrogen and oxygen atoms in total. The molecule has 2 saturated carbocycles. The molecule has 0 radical (unpaired) electrons. The number of hydrogen-bond donors (Lipinski definition) is 9. The Hall–Kier alpha value is -7.63. The first-order valence-corrected chi connectivity index (χ1v) is 33.1. The number of primary amides is 1. The Labute approximate surface area is 532 Å². The van der Waals surface area contributed by atoms with Gasteiger partial charge in [-0.15, -0.1) is 0 Å². The highest BCUT2D eigenvalue weighted by atomic mass is 32.2. The molecule has 12 N–H and O–H groups in total. The van der Waals surface area contributed by atoms with E-state index in [4.69, 9.17) is 17.2 Å². The zero-order valence-electron chi connectivity index (χ0n) is 51.7. The van der Waals surface area contributed by atoms with Crippen LogP contribution >= 0.6 is 11.8 Å². The number of nitrogens with zero attached hydrogens (tertiary/aromatic N) is 4. The van der Waals surface area contributed by atoms with E-state index in [1.807, 2.05) is 115 Å². The predicted octanol–water partition coefficient (Wildman–Crippen LogP) is 4.20. The third-order valence-corrected chi connectivity index (χ3v) is 17.8. The molecule has 2 bridgehead atoms. The van der Waals surface area contributed by atoms with Crippen LogP contribution in [0.25, 0.3) is 10.9 Å². The fourth-order valence-corrected chi connectivity index (χ4v) is 12.5. The zero-order chi connectivity index (χ0) is 63.8. The number of benzene rings is 4. The molecule has 3 heterocycles. The second kappa shape index (κ2) is 35.1. The SMILES string of the molecule is NCCCC[C@H]1CN(C(=O)CCCN)CC(=O)N[C@@H](Cc2ccccc2)CN(CC(N)=O)C(=O)CCSCc2ccc(cc2)C(O)N[C@@H](Cc2ccccc2)CN(C(=O)CC2CC2)CC(=O)N[C@@H](Cc2c[nH]c3ccccc23)CN(C(=O)CC2CC2)CC(=O)N1. The molecule has 484 valence electrons. The molecule has 5 aromatic rings. The summed E-state index contributed by atoms with van der Waals surface area (Å²) in [6.07, 6.45) is 7.69. The number of amides is 8. The second-order valence-electron chi connectivity index (χ2n) is 24.6. The van der Waals surface area contributed by atoms with Crippen molar-refractivity contribution in [2.24, 2.45) is 29.0 Å².